The van der Waals surface area contributed by atoms with Crippen LogP contribution in [0, 0.1) is 0 Å². The Morgan fingerprint density at radius 2 is 0.629 bits per heavy atom. The van der Waals surface area contributed by atoms with Crippen LogP contribution in [-0.2, 0) is 0 Å². The first-order valence-corrected chi connectivity index (χ1v) is 25.5. The van der Waals surface area contributed by atoms with Gasteiger partial charge in [-0.3, -0.25) is 0 Å². The molecule has 0 unspecified atom stereocenters. The van der Waals surface area contributed by atoms with Gasteiger partial charge in [-0.1, -0.05) is 152 Å². The first-order chi connectivity index (χ1) is 30.8. The third-order valence-corrected chi connectivity index (χ3v) is 24.5. The maximum absolute atomic E-state index is 7.65. The van der Waals surface area contributed by atoms with E-state index in [1.165, 1.54) is 63.3 Å². The molecule has 62 heavy (non-hydrogen) atoms. The molecular formula is C54H32B2O4Si2. The van der Waals surface area contributed by atoms with Gasteiger partial charge in [-0.05, 0) is 106 Å². The lowest BCUT2D eigenvalue weighted by molar-refractivity contribution is 0.465. The smallest absolute Gasteiger partial charge is 0.260 e. The molecular weight excluding hydrogens is 790 g/mol. The van der Waals surface area contributed by atoms with Gasteiger partial charge >= 0.3 is 0 Å². The molecule has 6 aliphatic rings. The summed E-state index contributed by atoms with van der Waals surface area (Å²) in [5.41, 5.74) is 7.27. The second kappa shape index (κ2) is 11.8. The molecule has 8 heteroatoms. The zero-order chi connectivity index (χ0) is 40.3. The van der Waals surface area contributed by atoms with Crippen LogP contribution >= 0.6 is 0 Å². The zero-order valence-corrected chi connectivity index (χ0v) is 35.3. The van der Waals surface area contributed by atoms with Crippen LogP contribution in [0.3, 0.4) is 0 Å². The van der Waals surface area contributed by atoms with Gasteiger partial charge in [0.25, 0.3) is 13.4 Å². The van der Waals surface area contributed by atoms with Crippen molar-refractivity contribution >= 4 is 104 Å². The number of fused-ring (bicyclic) bond motifs is 4. The van der Waals surface area contributed by atoms with Crippen molar-refractivity contribution in [3.05, 3.63) is 194 Å². The minimum atomic E-state index is -3.13. The summed E-state index contributed by atoms with van der Waals surface area (Å²) in [7, 11) is -6.14. The molecule has 0 saturated heterocycles. The summed E-state index contributed by atoms with van der Waals surface area (Å²) in [6.45, 7) is -0.0888. The Kier molecular flexibility index (Phi) is 6.35. The van der Waals surface area contributed by atoms with Crippen molar-refractivity contribution in [2.45, 2.75) is 0 Å². The summed E-state index contributed by atoms with van der Waals surface area (Å²) in [5, 5.41) is 10.6. The Hall–Kier alpha value is -7.26. The zero-order valence-electron chi connectivity index (χ0n) is 33.3. The highest BCUT2D eigenvalue weighted by Gasteiger charge is 2.62. The summed E-state index contributed by atoms with van der Waals surface area (Å²) in [5.74, 6) is 7.21. The van der Waals surface area contributed by atoms with Crippen molar-refractivity contribution in [1.82, 2.24) is 0 Å². The van der Waals surface area contributed by atoms with Crippen molar-refractivity contribution in [2.75, 3.05) is 0 Å². The lowest BCUT2D eigenvalue weighted by atomic mass is 9.34. The molecule has 9 aromatic carbocycles. The molecule has 0 fully saturated rings. The second-order valence-corrected chi connectivity index (χ2v) is 24.7. The van der Waals surface area contributed by atoms with Crippen LogP contribution in [0.5, 0.6) is 46.0 Å². The fourth-order valence-electron chi connectivity index (χ4n) is 12.6. The standard InChI is InChI=1S/C54H32B2O4Si2/c1-4-15-33(16-5-1)61(34-17-6-2-7-18-34,35-19-8-3-9-20-35)47-32-31-42-53-54(47)60-41-26-14-30-46-52(41)56(53)51-40(59-42)25-13-29-45(51)62(46)43-27-11-23-38-49(43)55-48-36(57-38)21-10-22-37(48)58-39-24-12-28-44(62)50(39)55/h1-32H. The molecule has 0 atom stereocenters. The van der Waals surface area contributed by atoms with Crippen LogP contribution in [0.15, 0.2) is 194 Å². The Bertz CT molecular complexity index is 3260. The van der Waals surface area contributed by atoms with Crippen LogP contribution in [-0.4, -0.2) is 29.6 Å². The van der Waals surface area contributed by atoms with E-state index in [1.807, 2.05) is 6.07 Å². The third kappa shape index (κ3) is 3.84. The molecule has 4 nitrogen and oxygen atoms in total. The highest BCUT2D eigenvalue weighted by Crippen LogP contribution is 2.39. The maximum Gasteiger partial charge on any atom is 0.260 e. The molecule has 0 aliphatic carbocycles. The fourth-order valence-corrected chi connectivity index (χ4v) is 23.3. The van der Waals surface area contributed by atoms with Gasteiger partial charge in [0.05, 0.1) is 0 Å². The first kappa shape index (κ1) is 33.5. The average molecular weight is 823 g/mol. The van der Waals surface area contributed by atoms with Crippen molar-refractivity contribution < 1.29 is 18.9 Å². The molecule has 15 rings (SSSR count). The molecule has 6 aliphatic heterocycles. The van der Waals surface area contributed by atoms with E-state index < -0.39 is 16.1 Å². The van der Waals surface area contributed by atoms with Gasteiger partial charge < -0.3 is 18.9 Å². The SMILES string of the molecule is c1ccc([Si](c2ccccc2)(c2ccccc2)c2ccc3c4c2Oc2cccc5c2B4c2c(cccc2[Si]52c4cccc5c4B4c6c(cccc6Oc6cccc2c64)O5)O3)cc1. The predicted octanol–water partition coefficient (Wildman–Crippen LogP) is 2.52. The molecule has 1 spiro atoms. The van der Waals surface area contributed by atoms with Gasteiger partial charge in [-0.2, -0.15) is 0 Å². The molecule has 0 amide bonds. The molecule has 0 aromatic heterocycles. The van der Waals surface area contributed by atoms with Gasteiger partial charge in [0, 0.05) is 10.9 Å². The van der Waals surface area contributed by atoms with Gasteiger partial charge in [-0.15, -0.1) is 0 Å². The molecule has 0 N–H and O–H groups in total. The fraction of sp³-hybridized carbons (Fsp3) is 0. The van der Waals surface area contributed by atoms with E-state index in [2.05, 4.69) is 188 Å². The Morgan fingerprint density at radius 1 is 0.290 bits per heavy atom. The van der Waals surface area contributed by atoms with Crippen molar-refractivity contribution in [2.24, 2.45) is 0 Å². The molecule has 286 valence electrons. The highest BCUT2D eigenvalue weighted by molar-refractivity contribution is 7.31. The van der Waals surface area contributed by atoms with Crippen LogP contribution in [0.1, 0.15) is 0 Å². The quantitative estimate of drug-likeness (QED) is 0.202. The summed E-state index contributed by atoms with van der Waals surface area (Å²) in [6.07, 6.45) is 0. The number of hydrogen-bond acceptors (Lipinski definition) is 4. The lowest BCUT2D eigenvalue weighted by Crippen LogP contribution is -2.94. The van der Waals surface area contributed by atoms with E-state index in [0.29, 0.717) is 0 Å². The van der Waals surface area contributed by atoms with Gasteiger partial charge in [-0.25, -0.2) is 0 Å². The van der Waals surface area contributed by atoms with E-state index in [9.17, 15) is 0 Å². The first-order valence-electron chi connectivity index (χ1n) is 21.5. The molecule has 9 aromatic rings. The second-order valence-electron chi connectivity index (χ2n) is 17.3. The Morgan fingerprint density at radius 3 is 1.05 bits per heavy atom. The van der Waals surface area contributed by atoms with E-state index in [0.717, 1.165) is 56.9 Å². The topological polar surface area (TPSA) is 36.9 Å². The summed E-state index contributed by atoms with van der Waals surface area (Å²) >= 11 is 0. The number of ether oxygens (including phenoxy) is 4. The number of hydrogen-bond donors (Lipinski definition) is 0. The molecule has 0 saturated carbocycles. The van der Waals surface area contributed by atoms with Gasteiger partial charge in [0.2, 0.25) is 0 Å². The summed E-state index contributed by atoms with van der Waals surface area (Å²) in [4.78, 5) is 0. The van der Waals surface area contributed by atoms with Crippen LogP contribution < -0.4 is 93.2 Å². The number of benzene rings is 9. The highest BCUT2D eigenvalue weighted by atomic mass is 28.3. The Balaban J connectivity index is 1.06. The summed E-state index contributed by atoms with van der Waals surface area (Å²) < 4.78 is 28.6. The van der Waals surface area contributed by atoms with E-state index in [1.54, 1.807) is 0 Å². The van der Waals surface area contributed by atoms with Gasteiger partial charge in [0.15, 0.2) is 16.1 Å². The Labute approximate surface area is 361 Å². The summed E-state index contributed by atoms with van der Waals surface area (Å²) in [6, 6.07) is 71.3. The number of rotatable bonds is 4. The molecule has 6 heterocycles. The lowest BCUT2D eigenvalue weighted by Gasteiger charge is -2.51. The van der Waals surface area contributed by atoms with E-state index in [4.69, 9.17) is 18.9 Å². The predicted molar refractivity (Wildman–Crippen MR) is 256 cm³/mol. The van der Waals surface area contributed by atoms with Crippen molar-refractivity contribution in [3.8, 4) is 46.0 Å². The van der Waals surface area contributed by atoms with Crippen LogP contribution in [0.2, 0.25) is 0 Å². The van der Waals surface area contributed by atoms with Crippen molar-refractivity contribution in [1.29, 1.82) is 0 Å². The van der Waals surface area contributed by atoms with Crippen LogP contribution in [0.4, 0.5) is 0 Å². The molecule has 0 bridgehead atoms. The maximum atomic E-state index is 7.65. The minimum Gasteiger partial charge on any atom is -0.458 e. The van der Waals surface area contributed by atoms with Crippen LogP contribution in [0.25, 0.3) is 0 Å². The minimum absolute atomic E-state index is 0.00505. The monoisotopic (exact) mass is 822 g/mol. The third-order valence-electron chi connectivity index (χ3n) is 14.7. The van der Waals surface area contributed by atoms with E-state index >= 15 is 0 Å². The average Bonchev–Trinajstić information content (AvgIpc) is 3.33. The normalized spacial score (nSPS) is 15.0. The van der Waals surface area contributed by atoms with E-state index in [-0.39, 0.29) is 13.4 Å². The van der Waals surface area contributed by atoms with Crippen molar-refractivity contribution in [3.63, 3.8) is 0 Å². The van der Waals surface area contributed by atoms with Gasteiger partial charge in [0.1, 0.15) is 46.0 Å². The molecule has 0 radical (unpaired) electrons. The largest absolute Gasteiger partial charge is 0.458 e.